The molecule has 0 bridgehead atoms. The summed E-state index contributed by atoms with van der Waals surface area (Å²) in [5.74, 6) is -1.87. The Bertz CT molecular complexity index is 1230. The van der Waals surface area contributed by atoms with Crippen molar-refractivity contribution < 1.29 is 35.4 Å². The minimum atomic E-state index is -0.509. The van der Waals surface area contributed by atoms with E-state index >= 15 is 0 Å². The number of thioether (sulfide) groups is 1. The molecule has 4 rings (SSSR count). The first-order valence-corrected chi connectivity index (χ1v) is 10.5. The number of aliphatic imine (C=N–C) groups is 1. The summed E-state index contributed by atoms with van der Waals surface area (Å²) in [7, 11) is 0. The van der Waals surface area contributed by atoms with Crippen molar-refractivity contribution in [1.82, 2.24) is 0 Å². The molecule has 2 amide bonds. The Morgan fingerprint density at radius 3 is 2.12 bits per heavy atom. The molecule has 0 spiro atoms. The van der Waals surface area contributed by atoms with Gasteiger partial charge in [0.1, 0.15) is 11.6 Å². The highest BCUT2D eigenvalue weighted by Gasteiger charge is 2.35. The summed E-state index contributed by atoms with van der Waals surface area (Å²) in [6.07, 6.45) is 1.17. The second kappa shape index (κ2) is 10.7. The number of carbonyl (C=O) groups excluding carboxylic acids is 2. The van der Waals surface area contributed by atoms with E-state index < -0.39 is 23.4 Å². The van der Waals surface area contributed by atoms with Crippen molar-refractivity contribution in [3.05, 3.63) is 100 Å². The van der Waals surface area contributed by atoms with Crippen molar-refractivity contribution in [2.24, 2.45) is 4.99 Å². The number of halogens is 4. The monoisotopic (exact) mass is 548 g/mol. The molecule has 0 aliphatic carbocycles. The SMILES string of the molecule is O=C(/C=C1/SC(=Nc2ccc(F)cc2)N(c2ccc(F)cc2)C1=O)Nc1ccc(Cl)cc1.[Br-]. The van der Waals surface area contributed by atoms with Gasteiger partial charge < -0.3 is 22.3 Å². The molecular weight excluding hydrogens is 536 g/mol. The zero-order valence-electron chi connectivity index (χ0n) is 16.6. The molecule has 0 aromatic heterocycles. The molecule has 10 heteroatoms. The highest BCUT2D eigenvalue weighted by molar-refractivity contribution is 8.19. The molecule has 33 heavy (non-hydrogen) atoms. The average Bonchev–Trinajstić information content (AvgIpc) is 3.06. The van der Waals surface area contributed by atoms with E-state index in [1.54, 1.807) is 24.3 Å². The van der Waals surface area contributed by atoms with Crippen LogP contribution >= 0.6 is 23.4 Å². The number of nitrogens with one attached hydrogen (secondary N) is 1. The third-order valence-electron chi connectivity index (χ3n) is 4.32. The quantitative estimate of drug-likeness (QED) is 0.509. The van der Waals surface area contributed by atoms with E-state index in [1.165, 1.54) is 59.5 Å². The summed E-state index contributed by atoms with van der Waals surface area (Å²) >= 11 is 6.83. The Labute approximate surface area is 207 Å². The molecule has 1 heterocycles. The van der Waals surface area contributed by atoms with Crippen LogP contribution in [0.1, 0.15) is 0 Å². The number of amidine groups is 1. The number of amides is 2. The van der Waals surface area contributed by atoms with Crippen molar-refractivity contribution in [1.29, 1.82) is 0 Å². The molecule has 0 unspecified atom stereocenters. The Morgan fingerprint density at radius 1 is 0.939 bits per heavy atom. The fourth-order valence-electron chi connectivity index (χ4n) is 2.82. The molecular formula is C23H14BrClF2N3O2S-. The smallest absolute Gasteiger partial charge is 0.271 e. The summed E-state index contributed by atoms with van der Waals surface area (Å²) in [5, 5.41) is 3.44. The van der Waals surface area contributed by atoms with E-state index in [4.69, 9.17) is 11.6 Å². The number of rotatable bonds is 4. The van der Waals surface area contributed by atoms with Crippen LogP contribution in [0.5, 0.6) is 0 Å². The Balaban J connectivity index is 0.00000306. The van der Waals surface area contributed by atoms with Crippen LogP contribution < -0.4 is 27.2 Å². The largest absolute Gasteiger partial charge is 1.00 e. The van der Waals surface area contributed by atoms with Gasteiger partial charge in [-0.05, 0) is 84.6 Å². The van der Waals surface area contributed by atoms with E-state index in [-0.39, 0.29) is 27.1 Å². The minimum Gasteiger partial charge on any atom is -1.00 e. The van der Waals surface area contributed by atoms with Gasteiger partial charge in [0.25, 0.3) is 5.91 Å². The van der Waals surface area contributed by atoms with Gasteiger partial charge in [-0.3, -0.25) is 14.5 Å². The highest BCUT2D eigenvalue weighted by atomic mass is 79.9. The van der Waals surface area contributed by atoms with Crippen LogP contribution in [-0.2, 0) is 9.59 Å². The summed E-state index contributed by atoms with van der Waals surface area (Å²) < 4.78 is 26.6. The second-order valence-corrected chi connectivity index (χ2v) is 8.04. The van der Waals surface area contributed by atoms with Crippen molar-refractivity contribution >= 4 is 57.4 Å². The van der Waals surface area contributed by atoms with Crippen LogP contribution in [0.3, 0.4) is 0 Å². The van der Waals surface area contributed by atoms with Crippen LogP contribution in [-0.4, -0.2) is 17.0 Å². The normalized spacial score (nSPS) is 15.6. The number of hydrogen-bond acceptors (Lipinski definition) is 4. The maximum atomic E-state index is 13.4. The lowest BCUT2D eigenvalue weighted by Crippen LogP contribution is -3.00. The van der Waals surface area contributed by atoms with Crippen molar-refractivity contribution in [2.75, 3.05) is 10.2 Å². The molecule has 3 aromatic carbocycles. The average molecular weight is 550 g/mol. The lowest BCUT2D eigenvalue weighted by Gasteiger charge is -2.15. The Morgan fingerprint density at radius 2 is 1.52 bits per heavy atom. The molecule has 1 fully saturated rings. The van der Waals surface area contributed by atoms with Gasteiger partial charge in [-0.2, -0.15) is 0 Å². The highest BCUT2D eigenvalue weighted by Crippen LogP contribution is 2.36. The van der Waals surface area contributed by atoms with Gasteiger partial charge >= 0.3 is 0 Å². The fraction of sp³-hybridized carbons (Fsp3) is 0. The molecule has 0 saturated carbocycles. The van der Waals surface area contributed by atoms with E-state index in [9.17, 15) is 18.4 Å². The van der Waals surface area contributed by atoms with E-state index in [2.05, 4.69) is 10.3 Å². The third-order valence-corrected chi connectivity index (χ3v) is 5.54. The molecule has 1 aliphatic rings. The summed E-state index contributed by atoms with van der Waals surface area (Å²) in [6, 6.07) is 17.3. The summed E-state index contributed by atoms with van der Waals surface area (Å²) in [6.45, 7) is 0. The van der Waals surface area contributed by atoms with Crippen molar-refractivity contribution in [3.63, 3.8) is 0 Å². The van der Waals surface area contributed by atoms with E-state index in [0.29, 0.717) is 22.1 Å². The van der Waals surface area contributed by atoms with Gasteiger partial charge in [-0.15, -0.1) is 0 Å². The minimum absolute atomic E-state index is 0. The number of carbonyl (C=O) groups is 2. The van der Waals surface area contributed by atoms with Crippen molar-refractivity contribution in [2.45, 2.75) is 0 Å². The van der Waals surface area contributed by atoms with Gasteiger partial charge in [0.05, 0.1) is 16.3 Å². The predicted molar refractivity (Wildman–Crippen MR) is 123 cm³/mol. The molecule has 3 aromatic rings. The molecule has 1 saturated heterocycles. The molecule has 168 valence electrons. The summed E-state index contributed by atoms with van der Waals surface area (Å²) in [5.41, 5.74) is 1.31. The summed E-state index contributed by atoms with van der Waals surface area (Å²) in [4.78, 5) is 31.4. The number of hydrogen-bond donors (Lipinski definition) is 1. The van der Waals surface area contributed by atoms with Crippen molar-refractivity contribution in [3.8, 4) is 0 Å². The molecule has 1 aliphatic heterocycles. The number of benzene rings is 3. The predicted octanol–water partition coefficient (Wildman–Crippen LogP) is 2.91. The standard InChI is InChI=1S/C23H14ClF2N3O2S.BrH/c24-14-1-7-17(8-2-14)27-21(30)13-20-22(31)29(19-11-5-16(26)6-12-19)23(32-20)28-18-9-3-15(25)4-10-18;/h1-13H,(H,27,30);1H/p-1/b20-13+,28-23?;. The Kier molecular flexibility index (Phi) is 8.01. The van der Waals surface area contributed by atoms with Crippen LogP contribution in [0.4, 0.5) is 25.8 Å². The maximum absolute atomic E-state index is 13.4. The molecule has 5 nitrogen and oxygen atoms in total. The zero-order chi connectivity index (χ0) is 22.7. The lowest BCUT2D eigenvalue weighted by molar-refractivity contribution is -0.115. The van der Waals surface area contributed by atoms with Gasteiger partial charge in [0.2, 0.25) is 5.91 Å². The first-order chi connectivity index (χ1) is 15.4. The maximum Gasteiger partial charge on any atom is 0.271 e. The van der Waals surface area contributed by atoms with E-state index in [0.717, 1.165) is 11.8 Å². The molecule has 0 atom stereocenters. The first kappa shape index (κ1) is 24.6. The van der Waals surface area contributed by atoms with Gasteiger partial charge in [-0.25, -0.2) is 13.8 Å². The number of anilines is 2. The van der Waals surface area contributed by atoms with E-state index in [1.807, 2.05) is 0 Å². The van der Waals surface area contributed by atoms with Crippen LogP contribution in [0.15, 0.2) is 88.8 Å². The van der Waals surface area contributed by atoms with Crippen LogP contribution in [0, 0.1) is 11.6 Å². The van der Waals surface area contributed by atoms with Gasteiger partial charge in [-0.1, -0.05) is 11.6 Å². The zero-order valence-corrected chi connectivity index (χ0v) is 19.8. The van der Waals surface area contributed by atoms with Gasteiger partial charge in [0.15, 0.2) is 5.17 Å². The topological polar surface area (TPSA) is 61.8 Å². The van der Waals surface area contributed by atoms with Gasteiger partial charge in [0, 0.05) is 16.8 Å². The Hall–Kier alpha value is -3.01. The first-order valence-electron chi connectivity index (χ1n) is 9.29. The number of nitrogens with zero attached hydrogens (tertiary/aromatic N) is 2. The lowest BCUT2D eigenvalue weighted by atomic mass is 10.2. The fourth-order valence-corrected chi connectivity index (χ4v) is 3.92. The van der Waals surface area contributed by atoms with Crippen LogP contribution in [0.25, 0.3) is 0 Å². The molecule has 1 N–H and O–H groups in total. The second-order valence-electron chi connectivity index (χ2n) is 6.59. The van der Waals surface area contributed by atoms with Crippen LogP contribution in [0.2, 0.25) is 5.02 Å². The molecule has 0 radical (unpaired) electrons. The third kappa shape index (κ3) is 6.07.